The molecule has 1 aromatic heterocycles. The van der Waals surface area contributed by atoms with Gasteiger partial charge in [-0.1, -0.05) is 0 Å². The molecule has 2 N–H and O–H groups in total. The number of nitrogens with zero attached hydrogens (tertiary/aromatic N) is 1. The Balaban J connectivity index is 2.47. The van der Waals surface area contributed by atoms with Gasteiger partial charge in [0, 0.05) is 12.1 Å². The van der Waals surface area contributed by atoms with Crippen LogP contribution in [-0.2, 0) is 6.18 Å². The van der Waals surface area contributed by atoms with Crippen molar-refractivity contribution >= 4 is 5.91 Å². The molecule has 0 bridgehead atoms. The molecule has 0 aliphatic heterocycles. The fourth-order valence-electron chi connectivity index (χ4n) is 1.51. The zero-order chi connectivity index (χ0) is 11.9. The highest BCUT2D eigenvalue weighted by molar-refractivity contribution is 5.94. The van der Waals surface area contributed by atoms with Crippen LogP contribution in [0, 0.1) is 0 Å². The zero-order valence-electron chi connectivity index (χ0n) is 8.21. The predicted molar refractivity (Wildman–Crippen MR) is 49.7 cm³/mol. The van der Waals surface area contributed by atoms with Crippen molar-refractivity contribution in [2.45, 2.75) is 24.9 Å². The minimum absolute atomic E-state index is 0.0878. The van der Waals surface area contributed by atoms with Gasteiger partial charge in [0.25, 0.3) is 5.91 Å². The molecular formula is C10H9F3N2O. The van der Waals surface area contributed by atoms with Crippen LogP contribution in [0.4, 0.5) is 13.2 Å². The summed E-state index contributed by atoms with van der Waals surface area (Å²) in [7, 11) is 0. The van der Waals surface area contributed by atoms with Gasteiger partial charge in [-0.05, 0) is 18.9 Å². The van der Waals surface area contributed by atoms with Crippen LogP contribution in [0.2, 0.25) is 0 Å². The predicted octanol–water partition coefficient (Wildman–Crippen LogP) is 2.08. The monoisotopic (exact) mass is 230 g/mol. The highest BCUT2D eigenvalue weighted by Crippen LogP contribution is 2.41. The number of hydrogen-bond acceptors (Lipinski definition) is 2. The van der Waals surface area contributed by atoms with Crippen molar-refractivity contribution in [3.63, 3.8) is 0 Å². The van der Waals surface area contributed by atoms with E-state index in [-0.39, 0.29) is 11.5 Å². The van der Waals surface area contributed by atoms with Gasteiger partial charge in [-0.25, -0.2) is 0 Å². The van der Waals surface area contributed by atoms with Crippen LogP contribution in [0.25, 0.3) is 0 Å². The molecule has 16 heavy (non-hydrogen) atoms. The Bertz CT molecular complexity index is 438. The van der Waals surface area contributed by atoms with Crippen molar-refractivity contribution in [1.82, 2.24) is 4.98 Å². The number of aromatic nitrogens is 1. The Morgan fingerprint density at radius 3 is 2.50 bits per heavy atom. The minimum atomic E-state index is -4.50. The maximum atomic E-state index is 12.4. The molecule has 3 nitrogen and oxygen atoms in total. The number of amides is 1. The van der Waals surface area contributed by atoms with E-state index in [4.69, 9.17) is 5.73 Å². The number of alkyl halides is 3. The summed E-state index contributed by atoms with van der Waals surface area (Å²) in [5.41, 5.74) is 4.38. The van der Waals surface area contributed by atoms with Crippen LogP contribution in [0.3, 0.4) is 0 Å². The van der Waals surface area contributed by atoms with Gasteiger partial charge >= 0.3 is 6.18 Å². The molecule has 1 fully saturated rings. The van der Waals surface area contributed by atoms with Gasteiger partial charge in [0.15, 0.2) is 0 Å². The first-order valence-corrected chi connectivity index (χ1v) is 4.76. The molecule has 0 unspecified atom stereocenters. The number of primary amides is 1. The fourth-order valence-corrected chi connectivity index (χ4v) is 1.51. The molecule has 0 spiro atoms. The Labute approximate surface area is 89.5 Å². The molecule has 0 saturated heterocycles. The third-order valence-corrected chi connectivity index (χ3v) is 2.48. The van der Waals surface area contributed by atoms with Crippen molar-refractivity contribution in [2.24, 2.45) is 5.73 Å². The molecule has 1 saturated carbocycles. The van der Waals surface area contributed by atoms with Gasteiger partial charge in [0.2, 0.25) is 0 Å². The Kier molecular flexibility index (Phi) is 2.36. The van der Waals surface area contributed by atoms with E-state index in [1.54, 1.807) is 0 Å². The molecule has 86 valence electrons. The highest BCUT2D eigenvalue weighted by Gasteiger charge is 2.35. The maximum Gasteiger partial charge on any atom is 0.417 e. The highest BCUT2D eigenvalue weighted by atomic mass is 19.4. The quantitative estimate of drug-likeness (QED) is 0.845. The molecule has 0 aromatic carbocycles. The minimum Gasteiger partial charge on any atom is -0.366 e. The molecule has 1 aliphatic rings. The largest absolute Gasteiger partial charge is 0.417 e. The summed E-state index contributed by atoms with van der Waals surface area (Å²) in [6.45, 7) is 0. The Hall–Kier alpha value is -1.59. The van der Waals surface area contributed by atoms with Crippen LogP contribution in [0.5, 0.6) is 0 Å². The van der Waals surface area contributed by atoms with Gasteiger partial charge in [-0.15, -0.1) is 0 Å². The van der Waals surface area contributed by atoms with Crippen LogP contribution in [0.1, 0.15) is 40.4 Å². The molecule has 0 radical (unpaired) electrons. The van der Waals surface area contributed by atoms with E-state index < -0.39 is 17.6 Å². The lowest BCUT2D eigenvalue weighted by Gasteiger charge is -2.10. The van der Waals surface area contributed by atoms with Crippen molar-refractivity contribution in [3.8, 4) is 0 Å². The first-order chi connectivity index (χ1) is 7.39. The van der Waals surface area contributed by atoms with Gasteiger partial charge in [0.05, 0.1) is 16.8 Å². The van der Waals surface area contributed by atoms with Crippen molar-refractivity contribution in [1.29, 1.82) is 0 Å². The van der Waals surface area contributed by atoms with Gasteiger partial charge in [0.1, 0.15) is 0 Å². The van der Waals surface area contributed by atoms with Gasteiger partial charge in [-0.2, -0.15) is 13.2 Å². The van der Waals surface area contributed by atoms with Crippen LogP contribution in [-0.4, -0.2) is 10.9 Å². The molecule has 1 aromatic rings. The van der Waals surface area contributed by atoms with Gasteiger partial charge in [-0.3, -0.25) is 9.78 Å². The number of rotatable bonds is 2. The standard InChI is InChI=1S/C10H9F3N2O/c11-10(12,13)6-3-7(9(14)16)8(15-4-6)5-1-2-5/h3-5H,1-2H2,(H2,14,16). The van der Waals surface area contributed by atoms with Crippen molar-refractivity contribution in [2.75, 3.05) is 0 Å². The van der Waals surface area contributed by atoms with Gasteiger partial charge < -0.3 is 5.73 Å². The van der Waals surface area contributed by atoms with Crippen LogP contribution in [0.15, 0.2) is 12.3 Å². The number of nitrogens with two attached hydrogens (primary N) is 1. The van der Waals surface area contributed by atoms with Crippen molar-refractivity contribution in [3.05, 3.63) is 29.1 Å². The number of halogens is 3. The summed E-state index contributed by atoms with van der Waals surface area (Å²) in [6.07, 6.45) is -2.06. The second-order valence-electron chi connectivity index (χ2n) is 3.79. The van der Waals surface area contributed by atoms with E-state index in [0.717, 1.165) is 25.1 Å². The number of hydrogen-bond donors (Lipinski definition) is 1. The van der Waals surface area contributed by atoms with Crippen LogP contribution >= 0.6 is 0 Å². The summed E-state index contributed by atoms with van der Waals surface area (Å²) in [6, 6.07) is 0.781. The van der Waals surface area contributed by atoms with E-state index in [1.807, 2.05) is 0 Å². The van der Waals surface area contributed by atoms with E-state index in [9.17, 15) is 18.0 Å². The van der Waals surface area contributed by atoms with E-state index in [0.29, 0.717) is 5.69 Å². The SMILES string of the molecule is NC(=O)c1cc(C(F)(F)F)cnc1C1CC1. The first-order valence-electron chi connectivity index (χ1n) is 4.76. The van der Waals surface area contributed by atoms with E-state index >= 15 is 0 Å². The van der Waals surface area contributed by atoms with E-state index in [2.05, 4.69) is 4.98 Å². The molecule has 1 aliphatic carbocycles. The smallest absolute Gasteiger partial charge is 0.366 e. The summed E-state index contributed by atoms with van der Waals surface area (Å²) in [5, 5.41) is 0. The topological polar surface area (TPSA) is 56.0 Å². The molecular weight excluding hydrogens is 221 g/mol. The van der Waals surface area contributed by atoms with E-state index in [1.165, 1.54) is 0 Å². The second kappa shape index (κ2) is 3.47. The second-order valence-corrected chi connectivity index (χ2v) is 3.79. The molecule has 1 heterocycles. The first kappa shape index (κ1) is 10.9. The average molecular weight is 230 g/mol. The molecule has 1 amide bonds. The number of pyridine rings is 1. The lowest BCUT2D eigenvalue weighted by atomic mass is 10.1. The number of carbonyl (C=O) groups is 1. The third-order valence-electron chi connectivity index (χ3n) is 2.48. The maximum absolute atomic E-state index is 12.4. The lowest BCUT2D eigenvalue weighted by Crippen LogP contribution is -2.17. The summed E-state index contributed by atoms with van der Waals surface area (Å²) >= 11 is 0. The summed E-state index contributed by atoms with van der Waals surface area (Å²) in [5.74, 6) is -0.773. The Morgan fingerprint density at radius 2 is 2.06 bits per heavy atom. The van der Waals surface area contributed by atoms with Crippen molar-refractivity contribution < 1.29 is 18.0 Å². The summed E-state index contributed by atoms with van der Waals surface area (Å²) in [4.78, 5) is 14.8. The normalized spacial score (nSPS) is 16.2. The summed E-state index contributed by atoms with van der Waals surface area (Å²) < 4.78 is 37.2. The third kappa shape index (κ3) is 2.00. The average Bonchev–Trinajstić information content (AvgIpc) is 2.98. The molecule has 0 atom stereocenters. The number of carbonyl (C=O) groups excluding carboxylic acids is 1. The lowest BCUT2D eigenvalue weighted by molar-refractivity contribution is -0.137. The molecule has 6 heteroatoms. The fraction of sp³-hybridized carbons (Fsp3) is 0.400. The molecule has 2 rings (SSSR count). The Morgan fingerprint density at radius 1 is 1.44 bits per heavy atom. The zero-order valence-corrected chi connectivity index (χ0v) is 8.21. The van der Waals surface area contributed by atoms with Crippen LogP contribution < -0.4 is 5.73 Å².